The van der Waals surface area contributed by atoms with Crippen molar-refractivity contribution in [1.82, 2.24) is 0 Å². The Morgan fingerprint density at radius 1 is 0.931 bits per heavy atom. The summed E-state index contributed by atoms with van der Waals surface area (Å²) in [5.41, 5.74) is 0.899. The number of aliphatic hydroxyl groups excluding tert-OH is 1. The first-order valence-electron chi connectivity index (χ1n) is 9.49. The van der Waals surface area contributed by atoms with Crippen LogP contribution in [0.3, 0.4) is 0 Å². The molecule has 0 aromatic heterocycles. The van der Waals surface area contributed by atoms with Gasteiger partial charge in [0, 0.05) is 0 Å². The van der Waals surface area contributed by atoms with E-state index in [4.69, 9.17) is 4.74 Å². The first kappa shape index (κ1) is 21.5. The van der Waals surface area contributed by atoms with E-state index in [-0.39, 0.29) is 15.0 Å². The quantitative estimate of drug-likeness (QED) is 0.200. The fourth-order valence-electron chi connectivity index (χ4n) is 2.63. The van der Waals surface area contributed by atoms with Gasteiger partial charge in [-0.3, -0.25) is 0 Å². The van der Waals surface area contributed by atoms with E-state index >= 15 is 0 Å². The molecule has 4 heteroatoms. The Balaban J connectivity index is 2.05. The van der Waals surface area contributed by atoms with E-state index in [0.717, 1.165) is 19.8 Å². The Bertz CT molecular complexity index is 925. The van der Waals surface area contributed by atoms with Gasteiger partial charge in [0.15, 0.2) is 0 Å². The molecule has 0 saturated heterocycles. The van der Waals surface area contributed by atoms with Crippen LogP contribution in [0.15, 0.2) is 118 Å². The molecular weight excluding hydrogens is 443 g/mol. The van der Waals surface area contributed by atoms with Gasteiger partial charge in [-0.25, -0.2) is 0 Å². The summed E-state index contributed by atoms with van der Waals surface area (Å²) < 4.78 is 7.72. The first-order valence-corrected chi connectivity index (χ1v) is 12.0. The van der Waals surface area contributed by atoms with Crippen LogP contribution >= 0.6 is 11.8 Å². The third-order valence-electron chi connectivity index (χ3n) is 4.03. The number of allylic oxidation sites excluding steroid dienone is 1. The molecule has 0 radical (unpaired) electrons. The van der Waals surface area contributed by atoms with Gasteiger partial charge in [0.1, 0.15) is 0 Å². The van der Waals surface area contributed by atoms with Gasteiger partial charge in [-0.1, -0.05) is 0 Å². The van der Waals surface area contributed by atoms with Crippen molar-refractivity contribution in [3.05, 3.63) is 118 Å². The molecule has 0 saturated carbocycles. The summed E-state index contributed by atoms with van der Waals surface area (Å²) in [5.74, 6) is 0. The molecule has 148 valence electrons. The molecule has 0 aliphatic rings. The summed E-state index contributed by atoms with van der Waals surface area (Å²) in [6, 6.07) is 30.4. The minimum atomic E-state index is -0.672. The van der Waals surface area contributed by atoms with Crippen LogP contribution in [0.25, 0.3) is 0 Å². The number of hydrogen-bond acceptors (Lipinski definition) is 3. The van der Waals surface area contributed by atoms with E-state index in [1.165, 1.54) is 4.46 Å². The molecule has 0 spiro atoms. The van der Waals surface area contributed by atoms with E-state index < -0.39 is 6.10 Å². The number of thioether (sulfide) groups is 1. The number of hydrogen-bond donors (Lipinski definition) is 1. The van der Waals surface area contributed by atoms with Crippen LogP contribution in [0.2, 0.25) is 0 Å². The summed E-state index contributed by atoms with van der Waals surface area (Å²) in [6.07, 6.45) is 3.03. The molecule has 0 fully saturated rings. The molecule has 2 nitrogen and oxygen atoms in total. The summed E-state index contributed by atoms with van der Waals surface area (Å²) in [5, 5.41) is 11.3. The first-order chi connectivity index (χ1) is 14.3. The Kier molecular flexibility index (Phi) is 8.66. The van der Waals surface area contributed by atoms with Gasteiger partial charge in [-0.15, -0.1) is 0 Å². The van der Waals surface area contributed by atoms with Crippen LogP contribution < -0.4 is 4.46 Å². The number of ether oxygens (including phenoxy) is 1. The third kappa shape index (κ3) is 6.66. The summed E-state index contributed by atoms with van der Waals surface area (Å²) in [6.45, 7) is 2.58. The fraction of sp³-hybridized carbons (Fsp3) is 0.120. The van der Waals surface area contributed by atoms with Crippen LogP contribution in [-0.4, -0.2) is 26.7 Å². The predicted molar refractivity (Wildman–Crippen MR) is 123 cm³/mol. The molecule has 0 heterocycles. The third-order valence-corrected chi connectivity index (χ3v) is 7.86. The van der Waals surface area contributed by atoms with Crippen molar-refractivity contribution in [1.29, 1.82) is 0 Å². The predicted octanol–water partition coefficient (Wildman–Crippen LogP) is 5.30. The van der Waals surface area contributed by atoms with E-state index in [0.29, 0.717) is 6.61 Å². The number of aliphatic hydroxyl groups is 1. The van der Waals surface area contributed by atoms with E-state index in [1.807, 2.05) is 79.7 Å². The maximum absolute atomic E-state index is 11.3. The second-order valence-corrected chi connectivity index (χ2v) is 9.59. The molecule has 0 bridgehead atoms. The van der Waals surface area contributed by atoms with Crippen molar-refractivity contribution < 1.29 is 9.84 Å². The normalized spacial score (nSPS) is 13.2. The van der Waals surface area contributed by atoms with Crippen LogP contribution in [0.5, 0.6) is 0 Å². The monoisotopic (exact) mass is 468 g/mol. The van der Waals surface area contributed by atoms with Crippen molar-refractivity contribution >= 4 is 31.2 Å². The second-order valence-electron chi connectivity index (χ2n) is 6.13. The zero-order valence-corrected chi connectivity index (χ0v) is 18.8. The van der Waals surface area contributed by atoms with Gasteiger partial charge >= 0.3 is 184 Å². The molecule has 3 rings (SSSR count). The standard InChI is InChI=1S/C25H24O2SSe/c1-2-27-19-18-23(28-21-14-8-4-9-15-21)25(29-22-16-10-5-11-17-22)24(26)20-12-6-3-7-13-20/h3-19,24,26H,2H2,1H3/b19-18+,25-23+. The molecule has 1 atom stereocenters. The molecular formula is C25H24O2SSe. The van der Waals surface area contributed by atoms with E-state index in [1.54, 1.807) is 18.0 Å². The molecule has 3 aromatic rings. The van der Waals surface area contributed by atoms with Crippen LogP contribution in [0.4, 0.5) is 0 Å². The van der Waals surface area contributed by atoms with Crippen molar-refractivity contribution in [2.24, 2.45) is 0 Å². The second kappa shape index (κ2) is 11.7. The van der Waals surface area contributed by atoms with Gasteiger partial charge in [0.2, 0.25) is 0 Å². The average molecular weight is 467 g/mol. The van der Waals surface area contributed by atoms with Gasteiger partial charge in [-0.05, 0) is 0 Å². The zero-order chi connectivity index (χ0) is 20.3. The van der Waals surface area contributed by atoms with Crippen molar-refractivity contribution in [2.45, 2.75) is 17.9 Å². The van der Waals surface area contributed by atoms with E-state index in [9.17, 15) is 5.11 Å². The molecule has 0 aliphatic carbocycles. The number of benzene rings is 3. The zero-order valence-electron chi connectivity index (χ0n) is 16.3. The average Bonchev–Trinajstić information content (AvgIpc) is 2.78. The Labute approximate surface area is 183 Å². The maximum atomic E-state index is 11.3. The summed E-state index contributed by atoms with van der Waals surface area (Å²) in [4.78, 5) is 2.15. The van der Waals surface area contributed by atoms with Crippen molar-refractivity contribution in [2.75, 3.05) is 6.61 Å². The van der Waals surface area contributed by atoms with Gasteiger partial charge in [0.25, 0.3) is 0 Å². The van der Waals surface area contributed by atoms with Gasteiger partial charge < -0.3 is 0 Å². The summed E-state index contributed by atoms with van der Waals surface area (Å²) in [7, 11) is 0. The molecule has 3 aromatic carbocycles. The molecule has 1 unspecified atom stereocenters. The van der Waals surface area contributed by atoms with Gasteiger partial charge in [0.05, 0.1) is 0 Å². The topological polar surface area (TPSA) is 29.5 Å². The van der Waals surface area contributed by atoms with Crippen LogP contribution in [-0.2, 0) is 4.74 Å². The minimum absolute atomic E-state index is 0.0375. The number of rotatable bonds is 9. The Morgan fingerprint density at radius 3 is 2.14 bits per heavy atom. The van der Waals surface area contributed by atoms with Crippen LogP contribution in [0.1, 0.15) is 18.6 Å². The van der Waals surface area contributed by atoms with Gasteiger partial charge in [-0.2, -0.15) is 0 Å². The van der Waals surface area contributed by atoms with Crippen molar-refractivity contribution in [3.63, 3.8) is 0 Å². The van der Waals surface area contributed by atoms with Crippen LogP contribution in [0, 0.1) is 0 Å². The Morgan fingerprint density at radius 2 is 1.52 bits per heavy atom. The van der Waals surface area contributed by atoms with E-state index in [2.05, 4.69) is 24.3 Å². The summed E-state index contributed by atoms with van der Waals surface area (Å²) >= 11 is 1.62. The SMILES string of the molecule is CCO/C=C/C(Sc1ccccc1)=C(\[Se]c1ccccc1)C(O)c1ccccc1. The molecule has 0 aliphatic heterocycles. The molecule has 0 amide bonds. The molecule has 29 heavy (non-hydrogen) atoms. The Hall–Kier alpha value is -2.23. The van der Waals surface area contributed by atoms with Crippen molar-refractivity contribution in [3.8, 4) is 0 Å². The molecule has 1 N–H and O–H groups in total. The fourth-order valence-corrected chi connectivity index (χ4v) is 6.01.